The highest BCUT2D eigenvalue weighted by Gasteiger charge is 2.29. The molecule has 0 saturated carbocycles. The van der Waals surface area contributed by atoms with Crippen molar-refractivity contribution in [3.05, 3.63) is 120 Å². The molecule has 1 aliphatic rings. The normalized spacial score (nSPS) is 21.3. The minimum Gasteiger partial charge on any atom is -0.377 e. The standard InChI is InChI=1S/C48H48O7/c1-47(31-52-27-39-15-13-37-11-9-33-5-3-7-35-17-19-41(39)45(37)43(33)35)29-50-21-22-51-30-48(2,55-26-24-49-23-25-54-47)32-53-28-40-16-14-38-12-10-34-6-4-8-36-18-20-42(40)46(38)44(34)36/h3-20H,21-32H2,1-2H3/t47-,48-/m0/s1. The maximum atomic E-state index is 6.38. The SMILES string of the molecule is C[C@@]1(COCc2ccc3ccc4cccc5ccc2c3c45)COCCOC[C@@](C)(COCc2ccc3ccc4cccc5ccc2c3c45)OCCOCCO1. The van der Waals surface area contributed by atoms with Crippen molar-refractivity contribution in [2.45, 2.75) is 38.3 Å². The quantitative estimate of drug-likeness (QED) is 0.144. The summed E-state index contributed by atoms with van der Waals surface area (Å²) in [5.41, 5.74) is 1.01. The Hall–Kier alpha value is -4.44. The zero-order valence-corrected chi connectivity index (χ0v) is 31.7. The first-order valence-corrected chi connectivity index (χ1v) is 19.4. The molecule has 0 spiro atoms. The van der Waals surface area contributed by atoms with Crippen molar-refractivity contribution in [2.24, 2.45) is 0 Å². The number of ether oxygens (including phenoxy) is 7. The number of hydrogen-bond donors (Lipinski definition) is 0. The molecule has 2 atom stereocenters. The summed E-state index contributed by atoms with van der Waals surface area (Å²) in [6.07, 6.45) is 0. The molecule has 0 radical (unpaired) electrons. The summed E-state index contributed by atoms with van der Waals surface area (Å²) in [6, 6.07) is 39.4. The summed E-state index contributed by atoms with van der Waals surface area (Å²) in [5, 5.41) is 15.2. The van der Waals surface area contributed by atoms with Crippen LogP contribution in [-0.2, 0) is 46.4 Å². The van der Waals surface area contributed by atoms with Crippen LogP contribution in [0.25, 0.3) is 64.6 Å². The fourth-order valence-corrected chi connectivity index (χ4v) is 8.34. The van der Waals surface area contributed by atoms with Crippen molar-refractivity contribution in [1.82, 2.24) is 0 Å². The molecular weight excluding hydrogens is 689 g/mol. The van der Waals surface area contributed by atoms with E-state index >= 15 is 0 Å². The zero-order valence-electron chi connectivity index (χ0n) is 31.7. The average molecular weight is 737 g/mol. The molecule has 0 aromatic heterocycles. The van der Waals surface area contributed by atoms with Crippen LogP contribution in [0.4, 0.5) is 0 Å². The average Bonchev–Trinajstić information content (AvgIpc) is 3.21. The summed E-state index contributed by atoms with van der Waals surface area (Å²) in [6.45, 7) is 9.05. The van der Waals surface area contributed by atoms with Crippen LogP contribution in [-0.4, -0.2) is 77.3 Å². The van der Waals surface area contributed by atoms with Gasteiger partial charge in [0, 0.05) is 0 Å². The van der Waals surface area contributed by atoms with Crippen molar-refractivity contribution in [3.63, 3.8) is 0 Å². The first kappa shape index (κ1) is 36.2. The summed E-state index contributed by atoms with van der Waals surface area (Å²) in [5.74, 6) is 0. The molecule has 1 aliphatic heterocycles. The lowest BCUT2D eigenvalue weighted by Crippen LogP contribution is -2.41. The molecule has 1 saturated heterocycles. The molecule has 7 heteroatoms. The van der Waals surface area contributed by atoms with E-state index in [4.69, 9.17) is 33.2 Å². The summed E-state index contributed by atoms with van der Waals surface area (Å²) < 4.78 is 43.7. The van der Waals surface area contributed by atoms with E-state index < -0.39 is 11.2 Å². The van der Waals surface area contributed by atoms with Crippen LogP contribution < -0.4 is 0 Å². The van der Waals surface area contributed by atoms with Crippen LogP contribution in [0.1, 0.15) is 25.0 Å². The van der Waals surface area contributed by atoms with Gasteiger partial charge < -0.3 is 33.2 Å². The van der Waals surface area contributed by atoms with Crippen molar-refractivity contribution in [1.29, 1.82) is 0 Å². The molecule has 8 aromatic rings. The summed E-state index contributed by atoms with van der Waals surface area (Å²) in [4.78, 5) is 0. The van der Waals surface area contributed by atoms with Gasteiger partial charge in [0.05, 0.1) is 79.3 Å². The maximum absolute atomic E-state index is 6.38. The van der Waals surface area contributed by atoms with Crippen LogP contribution in [0.15, 0.2) is 109 Å². The molecule has 55 heavy (non-hydrogen) atoms. The second kappa shape index (κ2) is 15.6. The molecule has 8 aromatic carbocycles. The first-order chi connectivity index (χ1) is 27.0. The number of benzene rings is 8. The number of hydrogen-bond acceptors (Lipinski definition) is 7. The Morgan fingerprint density at radius 1 is 0.418 bits per heavy atom. The van der Waals surface area contributed by atoms with Gasteiger partial charge in [-0.2, -0.15) is 0 Å². The molecule has 282 valence electrons. The molecule has 0 N–H and O–H groups in total. The van der Waals surface area contributed by atoms with E-state index in [-0.39, 0.29) is 0 Å². The Morgan fingerprint density at radius 3 is 1.22 bits per heavy atom. The molecule has 0 unspecified atom stereocenters. The molecular formula is C48H48O7. The van der Waals surface area contributed by atoms with Crippen molar-refractivity contribution >= 4 is 64.6 Å². The van der Waals surface area contributed by atoms with Gasteiger partial charge in [-0.25, -0.2) is 0 Å². The monoisotopic (exact) mass is 736 g/mol. The highest BCUT2D eigenvalue weighted by Crippen LogP contribution is 2.38. The minimum atomic E-state index is -0.655. The molecule has 0 bridgehead atoms. The van der Waals surface area contributed by atoms with E-state index in [1.54, 1.807) is 0 Å². The fourth-order valence-electron chi connectivity index (χ4n) is 8.34. The fraction of sp³-hybridized carbons (Fsp3) is 0.333. The van der Waals surface area contributed by atoms with Gasteiger partial charge in [0.25, 0.3) is 0 Å². The minimum absolute atomic E-state index is 0.366. The van der Waals surface area contributed by atoms with Gasteiger partial charge in [0.1, 0.15) is 11.2 Å². The van der Waals surface area contributed by atoms with Gasteiger partial charge in [-0.05, 0) is 89.6 Å². The van der Waals surface area contributed by atoms with Crippen LogP contribution >= 0.6 is 0 Å². The second-order valence-corrected chi connectivity index (χ2v) is 15.5. The van der Waals surface area contributed by atoms with Crippen molar-refractivity contribution in [2.75, 3.05) is 66.1 Å². The van der Waals surface area contributed by atoms with Crippen LogP contribution in [0.2, 0.25) is 0 Å². The van der Waals surface area contributed by atoms with Gasteiger partial charge in [0.15, 0.2) is 0 Å². The molecule has 0 aliphatic carbocycles. The Bertz CT molecular complexity index is 2340. The molecule has 9 rings (SSSR count). The second-order valence-electron chi connectivity index (χ2n) is 15.5. The van der Waals surface area contributed by atoms with Gasteiger partial charge in [-0.15, -0.1) is 0 Å². The summed E-state index contributed by atoms with van der Waals surface area (Å²) in [7, 11) is 0. The zero-order chi connectivity index (χ0) is 37.2. The van der Waals surface area contributed by atoms with Gasteiger partial charge in [0.2, 0.25) is 0 Å². The smallest absolute Gasteiger partial charge is 0.112 e. The van der Waals surface area contributed by atoms with Gasteiger partial charge in [-0.3, -0.25) is 0 Å². The Morgan fingerprint density at radius 2 is 0.782 bits per heavy atom. The van der Waals surface area contributed by atoms with Crippen molar-refractivity contribution < 1.29 is 33.2 Å². The topological polar surface area (TPSA) is 64.6 Å². The van der Waals surface area contributed by atoms with Crippen LogP contribution in [0.3, 0.4) is 0 Å². The van der Waals surface area contributed by atoms with E-state index in [0.29, 0.717) is 79.3 Å². The van der Waals surface area contributed by atoms with E-state index in [9.17, 15) is 0 Å². The lowest BCUT2D eigenvalue weighted by atomic mass is 9.92. The molecule has 7 nitrogen and oxygen atoms in total. The summed E-state index contributed by atoms with van der Waals surface area (Å²) >= 11 is 0. The van der Waals surface area contributed by atoms with E-state index in [1.807, 2.05) is 13.8 Å². The molecule has 1 fully saturated rings. The third-order valence-electron chi connectivity index (χ3n) is 11.1. The van der Waals surface area contributed by atoms with E-state index in [0.717, 1.165) is 11.1 Å². The van der Waals surface area contributed by atoms with Crippen LogP contribution in [0.5, 0.6) is 0 Å². The third-order valence-corrected chi connectivity index (χ3v) is 11.1. The Labute approximate surface area is 321 Å². The Kier molecular flexibility index (Phi) is 10.3. The van der Waals surface area contributed by atoms with Crippen molar-refractivity contribution in [3.8, 4) is 0 Å². The Balaban J connectivity index is 0.801. The highest BCUT2D eigenvalue weighted by atomic mass is 16.6. The van der Waals surface area contributed by atoms with Gasteiger partial charge >= 0.3 is 0 Å². The lowest BCUT2D eigenvalue weighted by Gasteiger charge is -2.30. The number of rotatable bonds is 8. The van der Waals surface area contributed by atoms with E-state index in [2.05, 4.69) is 109 Å². The van der Waals surface area contributed by atoms with E-state index in [1.165, 1.54) is 64.6 Å². The lowest BCUT2D eigenvalue weighted by molar-refractivity contribution is -0.140. The predicted molar refractivity (Wildman–Crippen MR) is 221 cm³/mol. The first-order valence-electron chi connectivity index (χ1n) is 19.4. The maximum Gasteiger partial charge on any atom is 0.112 e. The predicted octanol–water partition coefficient (Wildman–Crippen LogP) is 9.83. The highest BCUT2D eigenvalue weighted by molar-refractivity contribution is 6.24. The largest absolute Gasteiger partial charge is 0.377 e. The molecule has 0 amide bonds. The van der Waals surface area contributed by atoms with Gasteiger partial charge in [-0.1, -0.05) is 109 Å². The molecule has 1 heterocycles. The van der Waals surface area contributed by atoms with Crippen LogP contribution in [0, 0.1) is 0 Å². The third kappa shape index (κ3) is 7.46.